The van der Waals surface area contributed by atoms with E-state index in [1.54, 1.807) is 0 Å². The van der Waals surface area contributed by atoms with Gasteiger partial charge in [0.25, 0.3) is 0 Å². The number of nitro groups is 3. The van der Waals surface area contributed by atoms with Gasteiger partial charge < -0.3 is 5.11 Å². The van der Waals surface area contributed by atoms with Crippen molar-refractivity contribution in [2.45, 2.75) is 18.6 Å². The third-order valence-electron chi connectivity index (χ3n) is 1.94. The molecule has 0 radical (unpaired) electrons. The normalized spacial score (nSPS) is 10.6. The van der Waals surface area contributed by atoms with Crippen LogP contribution < -0.4 is 0 Å². The van der Waals surface area contributed by atoms with Gasteiger partial charge in [-0.25, -0.2) is 4.79 Å². The van der Waals surface area contributed by atoms with Gasteiger partial charge in [-0.05, 0) is 0 Å². The SMILES string of the molecule is C=C(CCC([N+](=O)[O-])([N+](=O)[O-])[N+](=O)[O-])C(=O)O. The van der Waals surface area contributed by atoms with Gasteiger partial charge in [0.2, 0.25) is 0 Å². The van der Waals surface area contributed by atoms with Crippen molar-refractivity contribution in [1.82, 2.24) is 0 Å². The summed E-state index contributed by atoms with van der Waals surface area (Å²) in [7, 11) is 0. The molecule has 0 saturated carbocycles. The van der Waals surface area contributed by atoms with Crippen molar-refractivity contribution in [3.8, 4) is 0 Å². The third kappa shape index (κ3) is 2.70. The van der Waals surface area contributed by atoms with E-state index >= 15 is 0 Å². The molecule has 0 aromatic heterocycles. The molecule has 0 atom stereocenters. The van der Waals surface area contributed by atoms with E-state index in [1.807, 2.05) is 0 Å². The molecule has 11 nitrogen and oxygen atoms in total. The Kier molecular flexibility index (Phi) is 4.20. The maximum absolute atomic E-state index is 10.4. The van der Waals surface area contributed by atoms with Gasteiger partial charge in [0.05, 0.1) is 0 Å². The molecular weight excluding hydrogens is 242 g/mol. The zero-order valence-corrected chi connectivity index (χ0v) is 8.27. The Bertz CT molecular complexity index is 366. The second-order valence-electron chi connectivity index (χ2n) is 2.95. The minimum atomic E-state index is -3.64. The molecular formula is C6H7N3O8. The highest BCUT2D eigenvalue weighted by Crippen LogP contribution is 2.21. The zero-order chi connectivity index (χ0) is 13.8. The first-order valence-corrected chi connectivity index (χ1v) is 4.00. The van der Waals surface area contributed by atoms with Crippen molar-refractivity contribution >= 4 is 5.97 Å². The number of aliphatic carboxylic acids is 1. The number of carboxylic acid groups (broad SMARTS) is 1. The average Bonchev–Trinajstić information content (AvgIpc) is 2.16. The van der Waals surface area contributed by atoms with Crippen LogP contribution in [0.1, 0.15) is 12.8 Å². The van der Waals surface area contributed by atoms with Crippen LogP contribution in [-0.4, -0.2) is 31.6 Å². The fourth-order valence-electron chi connectivity index (χ4n) is 0.899. The minimum absolute atomic E-state index is 0.583. The maximum atomic E-state index is 10.4. The van der Waals surface area contributed by atoms with Gasteiger partial charge in [-0.3, -0.25) is 30.3 Å². The van der Waals surface area contributed by atoms with Crippen LogP contribution in [-0.2, 0) is 4.79 Å². The predicted molar refractivity (Wildman–Crippen MR) is 49.7 cm³/mol. The quantitative estimate of drug-likeness (QED) is 0.282. The predicted octanol–water partition coefficient (Wildman–Crippen LogP) is -0.109. The van der Waals surface area contributed by atoms with E-state index in [2.05, 4.69) is 6.58 Å². The number of rotatable bonds is 7. The number of hydrogen-bond acceptors (Lipinski definition) is 7. The Balaban J connectivity index is 5.15. The van der Waals surface area contributed by atoms with E-state index < -0.39 is 44.9 Å². The fourth-order valence-corrected chi connectivity index (χ4v) is 0.899. The van der Waals surface area contributed by atoms with Crippen molar-refractivity contribution in [3.05, 3.63) is 42.5 Å². The molecule has 0 aliphatic heterocycles. The Morgan fingerprint density at radius 1 is 1.12 bits per heavy atom. The smallest absolute Gasteiger partial charge is 0.478 e. The molecule has 0 aliphatic rings. The van der Waals surface area contributed by atoms with Gasteiger partial charge in [-0.1, -0.05) is 6.58 Å². The number of carbonyl (C=O) groups is 1. The topological polar surface area (TPSA) is 167 Å². The molecule has 0 rings (SSSR count). The molecule has 0 spiro atoms. The highest BCUT2D eigenvalue weighted by Gasteiger charge is 2.69. The van der Waals surface area contributed by atoms with E-state index in [4.69, 9.17) is 5.11 Å². The summed E-state index contributed by atoms with van der Waals surface area (Å²) in [6, 6.07) is 0. The molecule has 0 aromatic carbocycles. The lowest BCUT2D eigenvalue weighted by Crippen LogP contribution is -2.53. The lowest BCUT2D eigenvalue weighted by atomic mass is 10.1. The fraction of sp³-hybridized carbons (Fsp3) is 0.500. The molecule has 0 fully saturated rings. The first-order valence-electron chi connectivity index (χ1n) is 4.00. The van der Waals surface area contributed by atoms with E-state index in [0.717, 1.165) is 0 Å². The lowest BCUT2D eigenvalue weighted by Gasteiger charge is -2.08. The lowest BCUT2D eigenvalue weighted by molar-refractivity contribution is -0.970. The van der Waals surface area contributed by atoms with Gasteiger partial charge in [0.1, 0.15) is 0 Å². The van der Waals surface area contributed by atoms with E-state index in [0.29, 0.717) is 0 Å². The van der Waals surface area contributed by atoms with Crippen LogP contribution in [0.3, 0.4) is 0 Å². The number of carboxylic acids is 1. The summed E-state index contributed by atoms with van der Waals surface area (Å²) in [5.41, 5.74) is -0.583. The Hall–Kier alpha value is -2.59. The maximum Gasteiger partial charge on any atom is 0.700 e. The molecule has 0 saturated heterocycles. The standard InChI is InChI=1S/C6H7N3O8/c1-4(5(10)11)2-3-6(7(12)13,8(14)15)9(16)17/h1-3H2,(H,10,11). The first-order chi connectivity index (χ1) is 7.66. The van der Waals surface area contributed by atoms with Crippen molar-refractivity contribution in [1.29, 1.82) is 0 Å². The molecule has 0 unspecified atom stereocenters. The van der Waals surface area contributed by atoms with Crippen LogP contribution in [0.4, 0.5) is 0 Å². The molecule has 0 amide bonds. The molecule has 94 valence electrons. The van der Waals surface area contributed by atoms with Gasteiger partial charge >= 0.3 is 11.8 Å². The Labute approximate surface area is 92.8 Å². The van der Waals surface area contributed by atoms with E-state index in [-0.39, 0.29) is 0 Å². The van der Waals surface area contributed by atoms with Crippen LogP contribution in [0, 0.1) is 30.3 Å². The molecule has 17 heavy (non-hydrogen) atoms. The molecule has 1 N–H and O–H groups in total. The highest BCUT2D eigenvalue weighted by atomic mass is 16.7. The van der Waals surface area contributed by atoms with Gasteiger partial charge in [0, 0.05) is 12.0 Å². The monoisotopic (exact) mass is 249 g/mol. The minimum Gasteiger partial charge on any atom is -0.478 e. The third-order valence-corrected chi connectivity index (χ3v) is 1.94. The van der Waals surface area contributed by atoms with Crippen molar-refractivity contribution in [2.75, 3.05) is 0 Å². The van der Waals surface area contributed by atoms with Gasteiger partial charge in [-0.2, -0.15) is 0 Å². The average molecular weight is 249 g/mol. The molecule has 0 heterocycles. The van der Waals surface area contributed by atoms with Gasteiger partial charge in [0.15, 0.2) is 21.2 Å². The van der Waals surface area contributed by atoms with Crippen LogP contribution >= 0.6 is 0 Å². The summed E-state index contributed by atoms with van der Waals surface area (Å²) in [6.45, 7) is 2.97. The Morgan fingerprint density at radius 3 is 1.71 bits per heavy atom. The first kappa shape index (κ1) is 14.4. The van der Waals surface area contributed by atoms with Crippen molar-refractivity contribution in [3.63, 3.8) is 0 Å². The van der Waals surface area contributed by atoms with Crippen LogP contribution in [0.25, 0.3) is 0 Å². The van der Waals surface area contributed by atoms with Crippen LogP contribution in [0.15, 0.2) is 12.2 Å². The van der Waals surface area contributed by atoms with Crippen molar-refractivity contribution in [2.24, 2.45) is 0 Å². The van der Waals surface area contributed by atoms with Crippen molar-refractivity contribution < 1.29 is 24.7 Å². The van der Waals surface area contributed by atoms with E-state index in [1.165, 1.54) is 0 Å². The van der Waals surface area contributed by atoms with Crippen LogP contribution in [0.2, 0.25) is 0 Å². The summed E-state index contributed by atoms with van der Waals surface area (Å²) in [5, 5.41) is 39.7. The van der Waals surface area contributed by atoms with Gasteiger partial charge in [-0.15, -0.1) is 0 Å². The Morgan fingerprint density at radius 2 is 1.47 bits per heavy atom. The number of hydrogen-bond donors (Lipinski definition) is 1. The zero-order valence-electron chi connectivity index (χ0n) is 8.27. The summed E-state index contributed by atoms with van der Waals surface area (Å²) in [5.74, 6) is -5.17. The summed E-state index contributed by atoms with van der Waals surface area (Å²) < 4.78 is 0. The summed E-state index contributed by atoms with van der Waals surface area (Å²) in [6.07, 6.45) is -1.93. The number of nitrogens with zero attached hydrogens (tertiary/aromatic N) is 3. The second-order valence-corrected chi connectivity index (χ2v) is 2.95. The summed E-state index contributed by atoms with van der Waals surface area (Å²) >= 11 is 0. The second kappa shape index (κ2) is 4.96. The molecule has 0 bridgehead atoms. The van der Waals surface area contributed by atoms with E-state index in [9.17, 15) is 35.1 Å². The largest absolute Gasteiger partial charge is 0.700 e. The molecule has 0 aromatic rings. The molecule has 11 heteroatoms. The van der Waals surface area contributed by atoms with Crippen LogP contribution in [0.5, 0.6) is 0 Å². The molecule has 0 aliphatic carbocycles. The highest BCUT2D eigenvalue weighted by molar-refractivity contribution is 5.85. The summed E-state index contributed by atoms with van der Waals surface area (Å²) in [4.78, 5) is 36.6.